The molecule has 7 nitrogen and oxygen atoms in total. The van der Waals surface area contributed by atoms with Gasteiger partial charge in [-0.1, -0.05) is 31.2 Å². The molecular weight excluding hydrogens is 352 g/mol. The Kier molecular flexibility index (Phi) is 5.53. The molecule has 28 heavy (non-hydrogen) atoms. The summed E-state index contributed by atoms with van der Waals surface area (Å²) in [7, 11) is 0. The highest BCUT2D eigenvalue weighted by Gasteiger charge is 2.16. The van der Waals surface area contributed by atoms with Crippen LogP contribution < -0.4 is 10.6 Å². The van der Waals surface area contributed by atoms with E-state index < -0.39 is 0 Å². The maximum Gasteiger partial charge on any atom is 0.164 e. The van der Waals surface area contributed by atoms with E-state index in [4.69, 9.17) is 14.7 Å². The van der Waals surface area contributed by atoms with Gasteiger partial charge in [-0.2, -0.15) is 5.10 Å². The third-order valence-corrected chi connectivity index (χ3v) is 4.90. The van der Waals surface area contributed by atoms with E-state index in [1.165, 1.54) is 5.56 Å². The van der Waals surface area contributed by atoms with Crippen molar-refractivity contribution in [1.29, 1.82) is 0 Å². The third-order valence-electron chi connectivity index (χ3n) is 4.90. The van der Waals surface area contributed by atoms with Gasteiger partial charge in [0.05, 0.1) is 0 Å². The lowest BCUT2D eigenvalue weighted by Gasteiger charge is -2.24. The number of aryl methyl sites for hydroxylation is 2. The summed E-state index contributed by atoms with van der Waals surface area (Å²) in [4.78, 5) is 9.59. The summed E-state index contributed by atoms with van der Waals surface area (Å²) in [6.07, 6.45) is 2.89. The normalized spacial score (nSPS) is 14.8. The SMILES string of the molecule is CCc1ccccc1-c1nc(Nc2cc(C)[nH]n2)cc(NC2CCOCC2)n1.[HH]. The zero-order valence-electron chi connectivity index (χ0n) is 16.3. The molecule has 0 saturated carbocycles. The van der Waals surface area contributed by atoms with Gasteiger partial charge in [0, 0.05) is 44.1 Å². The van der Waals surface area contributed by atoms with Crippen molar-refractivity contribution in [2.24, 2.45) is 0 Å². The number of benzene rings is 1. The number of H-pyrrole nitrogens is 1. The molecule has 3 aromatic rings. The van der Waals surface area contributed by atoms with Gasteiger partial charge < -0.3 is 15.4 Å². The molecule has 0 atom stereocenters. The van der Waals surface area contributed by atoms with E-state index in [1.807, 2.05) is 25.1 Å². The van der Waals surface area contributed by atoms with E-state index in [-0.39, 0.29) is 1.43 Å². The number of hydrogen-bond donors (Lipinski definition) is 3. The first-order chi connectivity index (χ1) is 13.7. The van der Waals surface area contributed by atoms with Gasteiger partial charge in [-0.3, -0.25) is 5.10 Å². The van der Waals surface area contributed by atoms with Crippen LogP contribution in [0, 0.1) is 6.92 Å². The summed E-state index contributed by atoms with van der Waals surface area (Å²) in [6.45, 7) is 5.69. The van der Waals surface area contributed by atoms with Crippen molar-refractivity contribution in [1.82, 2.24) is 20.2 Å². The maximum atomic E-state index is 5.47. The molecule has 1 aliphatic heterocycles. The lowest BCUT2D eigenvalue weighted by atomic mass is 10.0. The summed E-state index contributed by atoms with van der Waals surface area (Å²) in [5.41, 5.74) is 3.28. The number of anilines is 3. The number of rotatable bonds is 6. The Bertz CT molecular complexity index is 938. The van der Waals surface area contributed by atoms with Crippen LogP contribution >= 0.6 is 0 Å². The zero-order valence-corrected chi connectivity index (χ0v) is 16.3. The van der Waals surface area contributed by atoms with Crippen molar-refractivity contribution in [2.45, 2.75) is 39.2 Å². The van der Waals surface area contributed by atoms with Gasteiger partial charge in [0.15, 0.2) is 11.6 Å². The smallest absolute Gasteiger partial charge is 0.164 e. The van der Waals surface area contributed by atoms with Crippen molar-refractivity contribution in [3.8, 4) is 11.4 Å². The van der Waals surface area contributed by atoms with Gasteiger partial charge in [0.1, 0.15) is 11.6 Å². The van der Waals surface area contributed by atoms with Crippen LogP contribution in [0.2, 0.25) is 0 Å². The predicted molar refractivity (Wildman–Crippen MR) is 113 cm³/mol. The lowest BCUT2D eigenvalue weighted by molar-refractivity contribution is 0.0904. The Labute approximate surface area is 166 Å². The molecule has 1 aliphatic rings. The second-order valence-electron chi connectivity index (χ2n) is 7.06. The fraction of sp³-hybridized carbons (Fsp3) is 0.381. The molecule has 0 spiro atoms. The van der Waals surface area contributed by atoms with Crippen molar-refractivity contribution in [2.75, 3.05) is 23.8 Å². The Morgan fingerprint density at radius 1 is 1.11 bits per heavy atom. The quantitative estimate of drug-likeness (QED) is 0.590. The van der Waals surface area contributed by atoms with Crippen molar-refractivity contribution < 1.29 is 6.16 Å². The molecule has 2 aromatic heterocycles. The summed E-state index contributed by atoms with van der Waals surface area (Å²) in [5, 5.41) is 14.1. The van der Waals surface area contributed by atoms with Gasteiger partial charge in [-0.25, -0.2) is 9.97 Å². The molecule has 148 valence electrons. The number of nitrogens with one attached hydrogen (secondary N) is 3. The van der Waals surface area contributed by atoms with Gasteiger partial charge in [0.25, 0.3) is 0 Å². The molecule has 1 fully saturated rings. The lowest BCUT2D eigenvalue weighted by Crippen LogP contribution is -2.28. The van der Waals surface area contributed by atoms with Gasteiger partial charge in [-0.05, 0) is 31.7 Å². The fourth-order valence-electron chi connectivity index (χ4n) is 3.42. The van der Waals surface area contributed by atoms with Crippen molar-refractivity contribution >= 4 is 17.5 Å². The Balaban J connectivity index is 0.00000240. The topological polar surface area (TPSA) is 87.8 Å². The van der Waals surface area contributed by atoms with Gasteiger partial charge >= 0.3 is 0 Å². The number of nitrogens with zero attached hydrogens (tertiary/aromatic N) is 3. The van der Waals surface area contributed by atoms with E-state index in [2.05, 4.69) is 46.0 Å². The van der Waals surface area contributed by atoms with Crippen LogP contribution in [0.5, 0.6) is 0 Å². The highest BCUT2D eigenvalue weighted by atomic mass is 16.5. The average molecular weight is 380 g/mol. The molecule has 0 unspecified atom stereocenters. The molecule has 0 amide bonds. The fourth-order valence-corrected chi connectivity index (χ4v) is 3.42. The van der Waals surface area contributed by atoms with E-state index in [1.54, 1.807) is 0 Å². The number of ether oxygens (including phenoxy) is 1. The summed E-state index contributed by atoms with van der Waals surface area (Å²) < 4.78 is 5.47. The summed E-state index contributed by atoms with van der Waals surface area (Å²) in [6, 6.07) is 12.5. The average Bonchev–Trinajstić information content (AvgIpc) is 3.13. The van der Waals surface area contributed by atoms with Gasteiger partial charge in [0.2, 0.25) is 0 Å². The van der Waals surface area contributed by atoms with Crippen LogP contribution in [0.3, 0.4) is 0 Å². The monoisotopic (exact) mass is 380 g/mol. The Morgan fingerprint density at radius 2 is 1.89 bits per heavy atom. The molecule has 0 aliphatic carbocycles. The highest BCUT2D eigenvalue weighted by molar-refractivity contribution is 5.66. The van der Waals surface area contributed by atoms with Crippen LogP contribution in [-0.2, 0) is 11.2 Å². The van der Waals surface area contributed by atoms with Crippen LogP contribution in [0.1, 0.15) is 32.4 Å². The van der Waals surface area contributed by atoms with Crippen LogP contribution in [0.4, 0.5) is 17.5 Å². The molecule has 1 saturated heterocycles. The Hall–Kier alpha value is -2.93. The van der Waals surface area contributed by atoms with Crippen molar-refractivity contribution in [3.63, 3.8) is 0 Å². The second kappa shape index (κ2) is 8.39. The third kappa shape index (κ3) is 4.31. The summed E-state index contributed by atoms with van der Waals surface area (Å²) in [5.74, 6) is 2.99. The molecule has 1 aromatic carbocycles. The number of hydrogen-bond acceptors (Lipinski definition) is 6. The molecular formula is C21H28N6O. The highest BCUT2D eigenvalue weighted by Crippen LogP contribution is 2.26. The van der Waals surface area contributed by atoms with Gasteiger partial charge in [-0.15, -0.1) is 0 Å². The molecule has 4 rings (SSSR count). The van der Waals surface area contributed by atoms with Crippen LogP contribution in [0.25, 0.3) is 11.4 Å². The van der Waals surface area contributed by atoms with Crippen LogP contribution in [-0.4, -0.2) is 39.4 Å². The maximum absolute atomic E-state index is 5.47. The minimum Gasteiger partial charge on any atom is -0.381 e. The Morgan fingerprint density at radius 3 is 2.64 bits per heavy atom. The number of aromatic amines is 1. The second-order valence-corrected chi connectivity index (χ2v) is 7.06. The molecule has 3 N–H and O–H groups in total. The minimum atomic E-state index is 0. The summed E-state index contributed by atoms with van der Waals surface area (Å²) >= 11 is 0. The molecule has 0 bridgehead atoms. The standard InChI is InChI=1S/C21H26N6O.H2/c1-3-15-6-4-5-7-17(15)21-24-18(22-16-8-10-28-11-9-16)13-19(25-21)23-20-12-14(2)26-27-20;/h4-7,12-13,16H,3,8-11H2,1-2H3,(H3,22,23,24,25,26,27);1H. The van der Waals surface area contributed by atoms with Crippen LogP contribution in [0.15, 0.2) is 36.4 Å². The first kappa shape index (κ1) is 18.4. The first-order valence-corrected chi connectivity index (χ1v) is 9.82. The first-order valence-electron chi connectivity index (χ1n) is 9.82. The molecule has 3 heterocycles. The molecule has 7 heteroatoms. The predicted octanol–water partition coefficient (Wildman–Crippen LogP) is 4.32. The largest absolute Gasteiger partial charge is 0.381 e. The van der Waals surface area contributed by atoms with Crippen molar-refractivity contribution in [3.05, 3.63) is 47.7 Å². The number of aromatic nitrogens is 4. The van der Waals surface area contributed by atoms with E-state index in [0.29, 0.717) is 11.9 Å². The molecule has 0 radical (unpaired) electrons. The van der Waals surface area contributed by atoms with E-state index in [9.17, 15) is 0 Å². The van der Waals surface area contributed by atoms with E-state index >= 15 is 0 Å². The van der Waals surface area contributed by atoms with E-state index in [0.717, 1.165) is 61.2 Å². The minimum absolute atomic E-state index is 0. The zero-order chi connectivity index (χ0) is 19.3.